The van der Waals surface area contributed by atoms with Crippen molar-refractivity contribution in [2.45, 2.75) is 0 Å². The number of methoxy groups -OCH3 is 1. The molecule has 0 fully saturated rings. The van der Waals surface area contributed by atoms with Gasteiger partial charge in [-0.25, -0.2) is 0 Å². The molecule has 0 unspecified atom stereocenters. The first-order valence-electron chi connectivity index (χ1n) is 7.21. The summed E-state index contributed by atoms with van der Waals surface area (Å²) in [4.78, 5) is 16.1. The lowest BCUT2D eigenvalue weighted by atomic mass is 10.2. The third kappa shape index (κ3) is 3.70. The molecule has 0 atom stereocenters. The molecule has 7 heteroatoms. The van der Waals surface area contributed by atoms with Gasteiger partial charge in [-0.2, -0.15) is 4.98 Å². The highest BCUT2D eigenvalue weighted by molar-refractivity contribution is 5.90. The van der Waals surface area contributed by atoms with Crippen LogP contribution < -0.4 is 14.8 Å². The lowest BCUT2D eigenvalue weighted by Gasteiger charge is -2.09. The Morgan fingerprint density at radius 2 is 1.79 bits per heavy atom. The lowest BCUT2D eigenvalue weighted by Crippen LogP contribution is -2.21. The highest BCUT2D eigenvalue weighted by atomic mass is 16.5. The summed E-state index contributed by atoms with van der Waals surface area (Å²) >= 11 is 0. The predicted molar refractivity (Wildman–Crippen MR) is 86.9 cm³/mol. The molecule has 24 heavy (non-hydrogen) atoms. The molecule has 0 saturated heterocycles. The van der Waals surface area contributed by atoms with Gasteiger partial charge < -0.3 is 14.0 Å². The molecule has 0 aliphatic carbocycles. The van der Waals surface area contributed by atoms with Crippen LogP contribution in [0.3, 0.4) is 0 Å². The molecule has 1 aromatic heterocycles. The summed E-state index contributed by atoms with van der Waals surface area (Å²) in [7, 11) is 1.53. The Morgan fingerprint density at radius 3 is 2.54 bits per heavy atom. The van der Waals surface area contributed by atoms with Gasteiger partial charge in [0.25, 0.3) is 17.7 Å². The van der Waals surface area contributed by atoms with Crippen LogP contribution >= 0.6 is 0 Å². The number of amides is 1. The number of hydrogen-bond acceptors (Lipinski definition) is 6. The van der Waals surface area contributed by atoms with Gasteiger partial charge >= 0.3 is 0 Å². The minimum atomic E-state index is -0.402. The van der Waals surface area contributed by atoms with E-state index in [0.29, 0.717) is 17.4 Å². The van der Waals surface area contributed by atoms with Crippen LogP contribution in [0.15, 0.2) is 59.1 Å². The smallest absolute Gasteiger partial charge is 0.270 e. The summed E-state index contributed by atoms with van der Waals surface area (Å²) in [6.07, 6.45) is 0. The van der Waals surface area contributed by atoms with E-state index in [0.717, 1.165) is 5.56 Å². The normalized spacial score (nSPS) is 10.2. The standard InChI is InChI=1S/C17H15N3O4/c1-22-13-9-5-6-10-14(13)23-11-15(21)18-17-19-16(24-20-17)12-7-3-2-4-8-12/h2-10H,11H2,1H3,(H,18,20,21). The topological polar surface area (TPSA) is 86.5 Å². The molecule has 3 aromatic rings. The summed E-state index contributed by atoms with van der Waals surface area (Å²) in [6.45, 7) is -0.199. The van der Waals surface area contributed by atoms with E-state index < -0.39 is 5.91 Å². The molecular weight excluding hydrogens is 310 g/mol. The number of ether oxygens (including phenoxy) is 2. The highest BCUT2D eigenvalue weighted by Crippen LogP contribution is 2.25. The molecule has 122 valence electrons. The molecule has 3 rings (SSSR count). The summed E-state index contributed by atoms with van der Waals surface area (Å²) in [5.41, 5.74) is 0.774. The highest BCUT2D eigenvalue weighted by Gasteiger charge is 2.12. The fourth-order valence-corrected chi connectivity index (χ4v) is 2.01. The first kappa shape index (κ1) is 15.5. The number of nitrogens with zero attached hydrogens (tertiary/aromatic N) is 2. The average Bonchev–Trinajstić information content (AvgIpc) is 3.09. The molecule has 7 nitrogen and oxygen atoms in total. The zero-order chi connectivity index (χ0) is 16.8. The van der Waals surface area contributed by atoms with Gasteiger partial charge in [0.05, 0.1) is 7.11 Å². The molecule has 0 aliphatic heterocycles. The van der Waals surface area contributed by atoms with Crippen LogP contribution in [0.2, 0.25) is 0 Å². The van der Waals surface area contributed by atoms with Crippen LogP contribution in [0, 0.1) is 0 Å². The van der Waals surface area contributed by atoms with Gasteiger partial charge in [0, 0.05) is 5.56 Å². The lowest BCUT2D eigenvalue weighted by molar-refractivity contribution is -0.118. The molecule has 0 saturated carbocycles. The number of rotatable bonds is 6. The average molecular weight is 325 g/mol. The fraction of sp³-hybridized carbons (Fsp3) is 0.118. The Hall–Kier alpha value is -3.35. The Labute approximate surface area is 138 Å². The Kier molecular flexibility index (Phi) is 4.71. The first-order valence-corrected chi connectivity index (χ1v) is 7.21. The minimum Gasteiger partial charge on any atom is -0.493 e. The van der Waals surface area contributed by atoms with Crippen LogP contribution in [-0.2, 0) is 4.79 Å². The summed E-state index contributed by atoms with van der Waals surface area (Å²) in [5, 5.41) is 6.24. The van der Waals surface area contributed by atoms with Crippen LogP contribution in [0.4, 0.5) is 5.95 Å². The van der Waals surface area contributed by atoms with E-state index in [-0.39, 0.29) is 12.6 Å². The molecule has 0 radical (unpaired) electrons. The number of aromatic nitrogens is 2. The van der Waals surface area contributed by atoms with Crippen molar-refractivity contribution in [2.75, 3.05) is 19.0 Å². The second-order valence-corrected chi connectivity index (χ2v) is 4.78. The zero-order valence-electron chi connectivity index (χ0n) is 12.9. The third-order valence-corrected chi connectivity index (χ3v) is 3.13. The van der Waals surface area contributed by atoms with E-state index in [2.05, 4.69) is 15.5 Å². The second-order valence-electron chi connectivity index (χ2n) is 4.78. The number of carbonyl (C=O) groups is 1. The van der Waals surface area contributed by atoms with Crippen molar-refractivity contribution in [3.63, 3.8) is 0 Å². The van der Waals surface area contributed by atoms with Crippen molar-refractivity contribution in [2.24, 2.45) is 0 Å². The van der Waals surface area contributed by atoms with E-state index >= 15 is 0 Å². The molecule has 1 heterocycles. The van der Waals surface area contributed by atoms with Crippen molar-refractivity contribution in [3.8, 4) is 23.0 Å². The number of benzene rings is 2. The van der Waals surface area contributed by atoms with Gasteiger partial charge in [0.1, 0.15) is 0 Å². The predicted octanol–water partition coefficient (Wildman–Crippen LogP) is 2.76. The molecule has 1 N–H and O–H groups in total. The van der Waals surface area contributed by atoms with Gasteiger partial charge in [-0.3, -0.25) is 10.1 Å². The second kappa shape index (κ2) is 7.28. The van der Waals surface area contributed by atoms with Gasteiger partial charge in [0.2, 0.25) is 0 Å². The summed E-state index contributed by atoms with van der Waals surface area (Å²) < 4.78 is 15.7. The summed E-state index contributed by atoms with van der Waals surface area (Å²) in [6, 6.07) is 16.4. The maximum Gasteiger partial charge on any atom is 0.270 e. The SMILES string of the molecule is COc1ccccc1OCC(=O)Nc1noc(-c2ccccc2)n1. The molecule has 0 aliphatic rings. The first-order chi connectivity index (χ1) is 11.8. The van der Waals surface area contributed by atoms with Gasteiger partial charge in [-0.15, -0.1) is 0 Å². The number of para-hydroxylation sites is 2. The van der Waals surface area contributed by atoms with E-state index in [1.54, 1.807) is 18.2 Å². The third-order valence-electron chi connectivity index (χ3n) is 3.13. The Bertz CT molecular complexity index is 817. The maximum absolute atomic E-state index is 11.9. The molecule has 1 amide bonds. The van der Waals surface area contributed by atoms with Crippen LogP contribution in [0.25, 0.3) is 11.5 Å². The van der Waals surface area contributed by atoms with Crippen LogP contribution in [-0.4, -0.2) is 29.8 Å². The molecule has 0 bridgehead atoms. The quantitative estimate of drug-likeness (QED) is 0.750. The molecule has 2 aromatic carbocycles. The van der Waals surface area contributed by atoms with Crippen molar-refractivity contribution in [3.05, 3.63) is 54.6 Å². The Morgan fingerprint density at radius 1 is 1.08 bits per heavy atom. The zero-order valence-corrected chi connectivity index (χ0v) is 12.9. The molecular formula is C17H15N3O4. The number of carbonyl (C=O) groups excluding carboxylic acids is 1. The number of nitrogens with one attached hydrogen (secondary N) is 1. The Balaban J connectivity index is 1.58. The van der Waals surface area contributed by atoms with Crippen LogP contribution in [0.1, 0.15) is 0 Å². The minimum absolute atomic E-state index is 0.0856. The molecule has 0 spiro atoms. The van der Waals surface area contributed by atoms with Crippen molar-refractivity contribution < 1.29 is 18.8 Å². The fourth-order valence-electron chi connectivity index (χ4n) is 2.01. The van der Waals surface area contributed by atoms with E-state index in [1.807, 2.05) is 36.4 Å². The largest absolute Gasteiger partial charge is 0.493 e. The van der Waals surface area contributed by atoms with E-state index in [4.69, 9.17) is 14.0 Å². The maximum atomic E-state index is 11.9. The van der Waals surface area contributed by atoms with E-state index in [9.17, 15) is 4.79 Å². The monoisotopic (exact) mass is 325 g/mol. The summed E-state index contributed by atoms with van der Waals surface area (Å²) in [5.74, 6) is 1.05. The number of hydrogen-bond donors (Lipinski definition) is 1. The van der Waals surface area contributed by atoms with Gasteiger partial charge in [-0.1, -0.05) is 30.3 Å². The van der Waals surface area contributed by atoms with E-state index in [1.165, 1.54) is 7.11 Å². The van der Waals surface area contributed by atoms with Crippen molar-refractivity contribution >= 4 is 11.9 Å². The van der Waals surface area contributed by atoms with Gasteiger partial charge in [0.15, 0.2) is 18.1 Å². The van der Waals surface area contributed by atoms with Gasteiger partial charge in [-0.05, 0) is 29.4 Å². The van der Waals surface area contributed by atoms with Crippen molar-refractivity contribution in [1.29, 1.82) is 0 Å². The number of anilines is 1. The van der Waals surface area contributed by atoms with Crippen LogP contribution in [0.5, 0.6) is 11.5 Å². The van der Waals surface area contributed by atoms with Crippen molar-refractivity contribution in [1.82, 2.24) is 10.1 Å².